The lowest BCUT2D eigenvalue weighted by atomic mass is 10.1. The maximum Gasteiger partial charge on any atom is 0.306 e. The summed E-state index contributed by atoms with van der Waals surface area (Å²) in [5.41, 5.74) is 0. The average Bonchev–Trinajstić information content (AvgIpc) is 3.28. The fraction of sp³-hybridized carbons (Fsp3) is 0.772. The number of carbonyl (C=O) groups excluding carboxylic acids is 3. The standard InChI is InChI=1S/C57H100O6/c1-4-7-10-13-16-19-22-25-27-28-29-30-31-33-35-38-41-44-47-50-56(59)62-53-54(52-61-55(58)49-46-43-40-37-34-24-21-18-15-12-9-6-3)63-57(60)51-48-45-42-39-36-32-26-23-20-17-14-11-8-5-2/h8-9,11-12,17-18,20-21,28-29,54H,4-7,10,13-16,19,22-27,30-53H2,1-3H3/b11-8-,12-9-,20-17-,21-18-,29-28-. The Hall–Kier alpha value is -2.89. The van der Waals surface area contributed by atoms with Crippen molar-refractivity contribution in [1.82, 2.24) is 0 Å². The molecule has 0 aromatic heterocycles. The Bertz CT molecular complexity index is 1150. The highest BCUT2D eigenvalue weighted by Gasteiger charge is 2.19. The van der Waals surface area contributed by atoms with E-state index in [0.29, 0.717) is 19.3 Å². The quantitative estimate of drug-likeness (QED) is 0.0262. The smallest absolute Gasteiger partial charge is 0.306 e. The largest absolute Gasteiger partial charge is 0.462 e. The lowest BCUT2D eigenvalue weighted by Gasteiger charge is -2.18. The Morgan fingerprint density at radius 3 is 0.968 bits per heavy atom. The highest BCUT2D eigenvalue weighted by Crippen LogP contribution is 2.15. The number of rotatable bonds is 48. The number of unbranched alkanes of at least 4 members (excludes halogenated alkanes) is 27. The molecule has 364 valence electrons. The van der Waals surface area contributed by atoms with Gasteiger partial charge in [0.1, 0.15) is 13.2 Å². The highest BCUT2D eigenvalue weighted by molar-refractivity contribution is 5.71. The molecule has 0 heterocycles. The summed E-state index contributed by atoms with van der Waals surface area (Å²) in [5, 5.41) is 0. The molecular weight excluding hydrogens is 781 g/mol. The van der Waals surface area contributed by atoms with Gasteiger partial charge in [-0.3, -0.25) is 14.4 Å². The van der Waals surface area contributed by atoms with Crippen molar-refractivity contribution in [2.75, 3.05) is 13.2 Å². The summed E-state index contributed by atoms with van der Waals surface area (Å²) < 4.78 is 16.8. The maximum atomic E-state index is 12.8. The van der Waals surface area contributed by atoms with Gasteiger partial charge in [0.25, 0.3) is 0 Å². The number of esters is 3. The molecule has 0 rings (SSSR count). The van der Waals surface area contributed by atoms with Crippen LogP contribution in [0.25, 0.3) is 0 Å². The molecule has 6 nitrogen and oxygen atoms in total. The van der Waals surface area contributed by atoms with Gasteiger partial charge in [0.05, 0.1) is 0 Å². The number of hydrogen-bond donors (Lipinski definition) is 0. The van der Waals surface area contributed by atoms with E-state index in [9.17, 15) is 14.4 Å². The summed E-state index contributed by atoms with van der Waals surface area (Å²) in [5.74, 6) is -0.906. The van der Waals surface area contributed by atoms with Crippen molar-refractivity contribution in [2.24, 2.45) is 0 Å². The van der Waals surface area contributed by atoms with Crippen LogP contribution in [0.5, 0.6) is 0 Å². The third-order valence-electron chi connectivity index (χ3n) is 11.5. The average molecular weight is 881 g/mol. The van der Waals surface area contributed by atoms with Crippen molar-refractivity contribution in [3.05, 3.63) is 60.8 Å². The van der Waals surface area contributed by atoms with E-state index < -0.39 is 6.10 Å². The van der Waals surface area contributed by atoms with Crippen molar-refractivity contribution in [2.45, 2.75) is 271 Å². The maximum absolute atomic E-state index is 12.8. The first-order chi connectivity index (χ1) is 31.0. The van der Waals surface area contributed by atoms with Gasteiger partial charge in [-0.25, -0.2) is 0 Å². The molecule has 0 spiro atoms. The van der Waals surface area contributed by atoms with Crippen LogP contribution in [0.15, 0.2) is 60.8 Å². The topological polar surface area (TPSA) is 78.9 Å². The first-order valence-electron chi connectivity index (χ1n) is 26.8. The summed E-state index contributed by atoms with van der Waals surface area (Å²) in [4.78, 5) is 38.0. The van der Waals surface area contributed by atoms with Crippen LogP contribution in [0.2, 0.25) is 0 Å². The molecule has 1 unspecified atom stereocenters. The van der Waals surface area contributed by atoms with Crippen molar-refractivity contribution < 1.29 is 28.6 Å². The molecule has 0 N–H and O–H groups in total. The van der Waals surface area contributed by atoms with Gasteiger partial charge >= 0.3 is 17.9 Å². The third kappa shape index (κ3) is 50.0. The second-order valence-electron chi connectivity index (χ2n) is 17.7. The van der Waals surface area contributed by atoms with Gasteiger partial charge in [-0.1, -0.05) is 210 Å². The predicted octanol–water partition coefficient (Wildman–Crippen LogP) is 17.6. The highest BCUT2D eigenvalue weighted by atomic mass is 16.6. The molecule has 0 bridgehead atoms. The van der Waals surface area contributed by atoms with Crippen molar-refractivity contribution in [1.29, 1.82) is 0 Å². The molecule has 0 saturated carbocycles. The van der Waals surface area contributed by atoms with Crippen molar-refractivity contribution >= 4 is 17.9 Å². The van der Waals surface area contributed by atoms with Gasteiger partial charge in [-0.2, -0.15) is 0 Å². The number of allylic oxidation sites excluding steroid dienone is 10. The molecule has 1 atom stereocenters. The van der Waals surface area contributed by atoms with Crippen molar-refractivity contribution in [3.8, 4) is 0 Å². The molecule has 0 saturated heterocycles. The van der Waals surface area contributed by atoms with Gasteiger partial charge < -0.3 is 14.2 Å². The molecular formula is C57H100O6. The molecule has 63 heavy (non-hydrogen) atoms. The van der Waals surface area contributed by atoms with Gasteiger partial charge in [0.2, 0.25) is 0 Å². The zero-order valence-corrected chi connectivity index (χ0v) is 41.6. The van der Waals surface area contributed by atoms with E-state index in [1.165, 1.54) is 116 Å². The molecule has 0 aromatic rings. The van der Waals surface area contributed by atoms with E-state index in [4.69, 9.17) is 14.2 Å². The van der Waals surface area contributed by atoms with E-state index >= 15 is 0 Å². The van der Waals surface area contributed by atoms with Crippen LogP contribution < -0.4 is 0 Å². The zero-order chi connectivity index (χ0) is 45.8. The number of hydrogen-bond acceptors (Lipinski definition) is 6. The first kappa shape index (κ1) is 60.1. The first-order valence-corrected chi connectivity index (χ1v) is 26.8. The van der Waals surface area contributed by atoms with Crippen LogP contribution >= 0.6 is 0 Å². The fourth-order valence-electron chi connectivity index (χ4n) is 7.51. The third-order valence-corrected chi connectivity index (χ3v) is 11.5. The molecule has 6 heteroatoms. The Labute approximate surface area is 390 Å². The van der Waals surface area contributed by atoms with Crippen LogP contribution in [0, 0.1) is 0 Å². The van der Waals surface area contributed by atoms with E-state index in [1.54, 1.807) is 0 Å². The number of ether oxygens (including phenoxy) is 3. The summed E-state index contributed by atoms with van der Waals surface area (Å²) in [7, 11) is 0. The summed E-state index contributed by atoms with van der Waals surface area (Å²) in [6.45, 7) is 6.41. The van der Waals surface area contributed by atoms with Crippen LogP contribution in [0.4, 0.5) is 0 Å². The minimum Gasteiger partial charge on any atom is -0.462 e. The lowest BCUT2D eigenvalue weighted by molar-refractivity contribution is -0.167. The summed E-state index contributed by atoms with van der Waals surface area (Å²) >= 11 is 0. The molecule has 0 aromatic carbocycles. The van der Waals surface area contributed by atoms with Crippen LogP contribution in [0.1, 0.15) is 265 Å². The molecule has 0 aliphatic carbocycles. The van der Waals surface area contributed by atoms with E-state index in [1.807, 2.05) is 0 Å². The van der Waals surface area contributed by atoms with Gasteiger partial charge in [0.15, 0.2) is 6.10 Å². The minimum atomic E-state index is -0.785. The van der Waals surface area contributed by atoms with E-state index in [0.717, 1.165) is 109 Å². The van der Waals surface area contributed by atoms with Crippen LogP contribution in [-0.2, 0) is 28.6 Å². The van der Waals surface area contributed by atoms with Gasteiger partial charge in [-0.15, -0.1) is 0 Å². The zero-order valence-electron chi connectivity index (χ0n) is 41.6. The molecule has 0 aliphatic rings. The second kappa shape index (κ2) is 51.7. The Morgan fingerprint density at radius 1 is 0.333 bits per heavy atom. The molecule has 0 aliphatic heterocycles. The monoisotopic (exact) mass is 881 g/mol. The van der Waals surface area contributed by atoms with E-state index in [2.05, 4.69) is 81.5 Å². The molecule has 0 fully saturated rings. The summed E-state index contributed by atoms with van der Waals surface area (Å²) in [6.07, 6.45) is 63.5. The Kier molecular flexibility index (Phi) is 49.4. The molecule has 0 amide bonds. The minimum absolute atomic E-state index is 0.0839. The van der Waals surface area contributed by atoms with Crippen molar-refractivity contribution in [3.63, 3.8) is 0 Å². The predicted molar refractivity (Wildman–Crippen MR) is 270 cm³/mol. The van der Waals surface area contributed by atoms with Gasteiger partial charge in [0, 0.05) is 19.3 Å². The van der Waals surface area contributed by atoms with Crippen LogP contribution in [-0.4, -0.2) is 37.2 Å². The lowest BCUT2D eigenvalue weighted by Crippen LogP contribution is -2.30. The second-order valence-corrected chi connectivity index (χ2v) is 17.7. The fourth-order valence-corrected chi connectivity index (χ4v) is 7.51. The van der Waals surface area contributed by atoms with E-state index in [-0.39, 0.29) is 31.1 Å². The van der Waals surface area contributed by atoms with Gasteiger partial charge in [-0.05, 0) is 96.3 Å². The Morgan fingerprint density at radius 2 is 0.619 bits per heavy atom. The van der Waals surface area contributed by atoms with Crippen LogP contribution in [0.3, 0.4) is 0 Å². The number of carbonyl (C=O) groups is 3. The normalized spacial score (nSPS) is 12.5. The Balaban J connectivity index is 4.35. The summed E-state index contributed by atoms with van der Waals surface area (Å²) in [6, 6.07) is 0. The SMILES string of the molecule is CC/C=C\C/C=C\CCCCCCCCCC(=O)OC(COC(=O)CCCCCCC/C=C\C/C=C\CC)COC(=O)CCCCCCCCC/C=C\CCCCCCCCCC. The molecule has 0 radical (unpaired) electrons.